The van der Waals surface area contributed by atoms with Gasteiger partial charge in [0.15, 0.2) is 0 Å². The van der Waals surface area contributed by atoms with Crippen LogP contribution in [-0.2, 0) is 9.59 Å². The molecule has 0 aromatic rings. The van der Waals surface area contributed by atoms with Gasteiger partial charge in [-0.3, -0.25) is 14.5 Å². The van der Waals surface area contributed by atoms with E-state index in [9.17, 15) is 14.7 Å². The third-order valence-corrected chi connectivity index (χ3v) is 4.76. The summed E-state index contributed by atoms with van der Waals surface area (Å²) in [5.41, 5.74) is 0. The summed E-state index contributed by atoms with van der Waals surface area (Å²) in [5, 5.41) is 9.47. The van der Waals surface area contributed by atoms with Crippen LogP contribution >= 0.6 is 0 Å². The fourth-order valence-electron chi connectivity index (χ4n) is 3.09. The van der Waals surface area contributed by atoms with E-state index in [1.54, 1.807) is 9.80 Å². The van der Waals surface area contributed by atoms with Crippen LogP contribution in [0, 0.1) is 5.92 Å². The number of rotatable bonds is 4. The number of amides is 2. The molecule has 2 heterocycles. The molecule has 0 saturated carbocycles. The van der Waals surface area contributed by atoms with Gasteiger partial charge in [-0.1, -0.05) is 6.92 Å². The Labute approximate surface area is 133 Å². The molecular weight excluding hydrogens is 282 g/mol. The number of aliphatic hydroxyl groups excluding tert-OH is 1. The summed E-state index contributed by atoms with van der Waals surface area (Å²) in [6, 6.07) is 0. The average molecular weight is 311 g/mol. The van der Waals surface area contributed by atoms with Gasteiger partial charge in [0.25, 0.3) is 0 Å². The first kappa shape index (κ1) is 17.2. The van der Waals surface area contributed by atoms with Crippen LogP contribution in [-0.4, -0.2) is 84.0 Å². The molecule has 1 N–H and O–H groups in total. The van der Waals surface area contributed by atoms with E-state index in [2.05, 4.69) is 6.92 Å². The number of piperidine rings is 2. The van der Waals surface area contributed by atoms with Gasteiger partial charge in [0.05, 0.1) is 19.2 Å². The molecule has 2 amide bonds. The summed E-state index contributed by atoms with van der Waals surface area (Å²) in [6.07, 6.45) is 3.18. The number of aliphatic hydroxyl groups is 1. The van der Waals surface area contributed by atoms with E-state index >= 15 is 0 Å². The van der Waals surface area contributed by atoms with Crippen molar-refractivity contribution in [2.45, 2.75) is 38.7 Å². The van der Waals surface area contributed by atoms with Crippen molar-refractivity contribution in [3.63, 3.8) is 0 Å². The Morgan fingerprint density at radius 2 is 1.36 bits per heavy atom. The highest BCUT2D eigenvalue weighted by Gasteiger charge is 2.24. The fourth-order valence-corrected chi connectivity index (χ4v) is 3.09. The summed E-state index contributed by atoms with van der Waals surface area (Å²) in [5.74, 6) is 0.878. The second-order valence-electron chi connectivity index (χ2n) is 6.85. The number of hydrogen-bond donors (Lipinski definition) is 1. The van der Waals surface area contributed by atoms with Crippen LogP contribution in [0.25, 0.3) is 0 Å². The first-order valence-corrected chi connectivity index (χ1v) is 8.38. The second kappa shape index (κ2) is 7.92. The van der Waals surface area contributed by atoms with E-state index in [0.717, 1.165) is 25.9 Å². The summed E-state index contributed by atoms with van der Waals surface area (Å²) in [6.45, 7) is 5.71. The number of carbonyl (C=O) groups is 2. The molecule has 0 bridgehead atoms. The Morgan fingerprint density at radius 3 is 1.82 bits per heavy atom. The van der Waals surface area contributed by atoms with Crippen molar-refractivity contribution in [2.24, 2.45) is 5.92 Å². The van der Waals surface area contributed by atoms with Gasteiger partial charge in [-0.25, -0.2) is 0 Å². The molecule has 0 atom stereocenters. The zero-order valence-corrected chi connectivity index (χ0v) is 13.8. The molecule has 2 fully saturated rings. The number of nitrogens with zero attached hydrogens (tertiary/aromatic N) is 3. The van der Waals surface area contributed by atoms with E-state index < -0.39 is 0 Å². The lowest BCUT2D eigenvalue weighted by Gasteiger charge is -2.33. The van der Waals surface area contributed by atoms with Crippen LogP contribution < -0.4 is 0 Å². The Balaban J connectivity index is 1.71. The molecule has 2 rings (SSSR count). The molecular formula is C16H29N3O3. The lowest BCUT2D eigenvalue weighted by molar-refractivity contribution is -0.136. The normalized spacial score (nSPS) is 21.5. The third-order valence-electron chi connectivity index (χ3n) is 4.76. The van der Waals surface area contributed by atoms with Gasteiger partial charge < -0.3 is 14.9 Å². The van der Waals surface area contributed by atoms with Gasteiger partial charge in [0, 0.05) is 26.2 Å². The largest absolute Gasteiger partial charge is 0.393 e. The van der Waals surface area contributed by atoms with Crippen molar-refractivity contribution in [3.8, 4) is 0 Å². The van der Waals surface area contributed by atoms with Crippen molar-refractivity contribution >= 4 is 11.8 Å². The maximum atomic E-state index is 12.2. The molecule has 0 radical (unpaired) electrons. The average Bonchev–Trinajstić information content (AvgIpc) is 2.48. The van der Waals surface area contributed by atoms with Gasteiger partial charge in [-0.15, -0.1) is 0 Å². The highest BCUT2D eigenvalue weighted by atomic mass is 16.3. The lowest BCUT2D eigenvalue weighted by atomic mass is 9.99. The van der Waals surface area contributed by atoms with Gasteiger partial charge in [-0.05, 0) is 38.6 Å². The molecule has 0 spiro atoms. The second-order valence-corrected chi connectivity index (χ2v) is 6.85. The molecule has 2 aliphatic heterocycles. The standard InChI is InChI=1S/C16H29N3O3/c1-13-3-7-18(8-4-13)15(21)11-17(2)12-16(22)19-9-5-14(20)6-10-19/h13-14,20H,3-12H2,1-2H3. The predicted octanol–water partition coefficient (Wildman–Crippen LogP) is 0.160. The quantitative estimate of drug-likeness (QED) is 0.803. The van der Waals surface area contributed by atoms with Gasteiger partial charge >= 0.3 is 0 Å². The smallest absolute Gasteiger partial charge is 0.236 e. The van der Waals surface area contributed by atoms with Crippen LogP contribution in [0.3, 0.4) is 0 Å². The van der Waals surface area contributed by atoms with E-state index in [-0.39, 0.29) is 24.5 Å². The number of hydrogen-bond acceptors (Lipinski definition) is 4. The molecule has 22 heavy (non-hydrogen) atoms. The topological polar surface area (TPSA) is 64.1 Å². The van der Waals surface area contributed by atoms with E-state index in [1.165, 1.54) is 0 Å². The minimum atomic E-state index is -0.273. The molecule has 0 aromatic heterocycles. The Kier molecular flexibility index (Phi) is 6.20. The zero-order valence-electron chi connectivity index (χ0n) is 13.8. The highest BCUT2D eigenvalue weighted by molar-refractivity contribution is 5.81. The summed E-state index contributed by atoms with van der Waals surface area (Å²) >= 11 is 0. The van der Waals surface area contributed by atoms with Gasteiger partial charge in [-0.2, -0.15) is 0 Å². The van der Waals surface area contributed by atoms with Crippen LogP contribution in [0.1, 0.15) is 32.6 Å². The van der Waals surface area contributed by atoms with E-state index in [4.69, 9.17) is 0 Å². The van der Waals surface area contributed by atoms with Crippen molar-refractivity contribution in [2.75, 3.05) is 46.3 Å². The minimum Gasteiger partial charge on any atom is -0.393 e. The fraction of sp³-hybridized carbons (Fsp3) is 0.875. The Hall–Kier alpha value is -1.14. The number of carbonyl (C=O) groups excluding carboxylic acids is 2. The van der Waals surface area contributed by atoms with Crippen LogP contribution in [0.4, 0.5) is 0 Å². The molecule has 126 valence electrons. The molecule has 2 saturated heterocycles. The Morgan fingerprint density at radius 1 is 0.955 bits per heavy atom. The van der Waals surface area contributed by atoms with E-state index in [0.29, 0.717) is 38.4 Å². The SMILES string of the molecule is CC1CCN(C(=O)CN(C)CC(=O)N2CCC(O)CC2)CC1. The summed E-state index contributed by atoms with van der Waals surface area (Å²) in [7, 11) is 1.82. The minimum absolute atomic E-state index is 0.0504. The monoisotopic (exact) mass is 311 g/mol. The molecule has 6 nitrogen and oxygen atoms in total. The summed E-state index contributed by atoms with van der Waals surface area (Å²) in [4.78, 5) is 29.9. The van der Waals surface area contributed by atoms with Crippen molar-refractivity contribution < 1.29 is 14.7 Å². The van der Waals surface area contributed by atoms with Crippen molar-refractivity contribution in [1.82, 2.24) is 14.7 Å². The van der Waals surface area contributed by atoms with Crippen LogP contribution in [0.2, 0.25) is 0 Å². The van der Waals surface area contributed by atoms with Gasteiger partial charge in [0.1, 0.15) is 0 Å². The van der Waals surface area contributed by atoms with Crippen LogP contribution in [0.5, 0.6) is 0 Å². The molecule has 2 aliphatic rings. The predicted molar refractivity (Wildman–Crippen MR) is 84.3 cm³/mol. The maximum absolute atomic E-state index is 12.2. The Bertz CT molecular complexity index is 350. The molecule has 0 aromatic carbocycles. The molecule has 6 heteroatoms. The maximum Gasteiger partial charge on any atom is 0.236 e. The first-order valence-electron chi connectivity index (χ1n) is 8.38. The number of likely N-dealkylation sites (N-methyl/N-ethyl adjacent to an activating group) is 1. The first-order chi connectivity index (χ1) is 10.5. The number of likely N-dealkylation sites (tertiary alicyclic amines) is 2. The van der Waals surface area contributed by atoms with Crippen molar-refractivity contribution in [3.05, 3.63) is 0 Å². The molecule has 0 unspecified atom stereocenters. The zero-order chi connectivity index (χ0) is 16.1. The van der Waals surface area contributed by atoms with Crippen molar-refractivity contribution in [1.29, 1.82) is 0 Å². The highest BCUT2D eigenvalue weighted by Crippen LogP contribution is 2.16. The van der Waals surface area contributed by atoms with Crippen LogP contribution in [0.15, 0.2) is 0 Å². The molecule has 0 aliphatic carbocycles. The lowest BCUT2D eigenvalue weighted by Crippen LogP contribution is -2.47. The van der Waals surface area contributed by atoms with Gasteiger partial charge in [0.2, 0.25) is 11.8 Å². The van der Waals surface area contributed by atoms with E-state index in [1.807, 2.05) is 11.9 Å². The third kappa shape index (κ3) is 4.95. The summed E-state index contributed by atoms with van der Waals surface area (Å²) < 4.78 is 0.